The second-order valence-corrected chi connectivity index (χ2v) is 8.96. The maximum Gasteiger partial charge on any atom is 0.119 e. The molecular weight excluding hydrogens is 472 g/mol. The molecular formula is C21H24Br2N2O2. The van der Waals surface area contributed by atoms with Gasteiger partial charge in [-0.1, -0.05) is 37.9 Å². The normalized spacial score (nSPS) is 22.6. The van der Waals surface area contributed by atoms with Crippen molar-refractivity contribution in [1.29, 1.82) is 0 Å². The standard InChI is InChI=1S/C21H24Br2N2O2/c1-26-18-2-3-19-15(10-18)11-20(21(19)25-6-4-24-5-7-25)27-13-14-8-16(22)12-17(23)9-14/h2-3,8-10,12,20-21,24H,4-7,11,13H2,1H3/t20-,21-/m1/s1. The van der Waals surface area contributed by atoms with E-state index in [4.69, 9.17) is 9.47 Å². The summed E-state index contributed by atoms with van der Waals surface area (Å²) < 4.78 is 14.0. The number of halogens is 2. The second kappa shape index (κ2) is 8.62. The number of rotatable bonds is 5. The van der Waals surface area contributed by atoms with Crippen molar-refractivity contribution < 1.29 is 9.47 Å². The molecule has 4 nitrogen and oxygen atoms in total. The molecule has 1 saturated heterocycles. The Morgan fingerprint density at radius 1 is 1.07 bits per heavy atom. The van der Waals surface area contributed by atoms with E-state index in [0.717, 1.165) is 47.3 Å². The molecule has 1 aliphatic carbocycles. The highest BCUT2D eigenvalue weighted by atomic mass is 79.9. The maximum atomic E-state index is 6.48. The van der Waals surface area contributed by atoms with Gasteiger partial charge in [-0.05, 0) is 47.0 Å². The number of piperazine rings is 1. The Labute approximate surface area is 177 Å². The third kappa shape index (κ3) is 4.40. The topological polar surface area (TPSA) is 33.7 Å². The van der Waals surface area contributed by atoms with Gasteiger partial charge in [0.25, 0.3) is 0 Å². The number of nitrogens with zero attached hydrogens (tertiary/aromatic N) is 1. The second-order valence-electron chi connectivity index (χ2n) is 7.13. The van der Waals surface area contributed by atoms with Crippen LogP contribution in [0.5, 0.6) is 5.75 Å². The molecule has 2 aromatic rings. The van der Waals surface area contributed by atoms with Crippen LogP contribution in [-0.4, -0.2) is 44.3 Å². The van der Waals surface area contributed by atoms with Crippen LogP contribution in [0.15, 0.2) is 45.3 Å². The van der Waals surface area contributed by atoms with E-state index in [1.54, 1.807) is 7.11 Å². The molecule has 4 rings (SSSR count). The Morgan fingerprint density at radius 2 is 1.81 bits per heavy atom. The van der Waals surface area contributed by atoms with Crippen molar-refractivity contribution in [2.24, 2.45) is 0 Å². The number of fused-ring (bicyclic) bond motifs is 1. The van der Waals surface area contributed by atoms with Crippen LogP contribution in [0.1, 0.15) is 22.7 Å². The van der Waals surface area contributed by atoms with E-state index < -0.39 is 0 Å². The molecule has 2 atom stereocenters. The van der Waals surface area contributed by atoms with E-state index in [1.807, 2.05) is 6.07 Å². The first-order valence-electron chi connectivity index (χ1n) is 9.32. The Bertz CT molecular complexity index is 789. The molecule has 1 heterocycles. The molecule has 0 saturated carbocycles. The Balaban J connectivity index is 1.56. The van der Waals surface area contributed by atoms with Crippen LogP contribution in [0, 0.1) is 0 Å². The van der Waals surface area contributed by atoms with Crippen molar-refractivity contribution in [1.82, 2.24) is 10.2 Å². The average Bonchev–Trinajstić information content (AvgIpc) is 3.03. The van der Waals surface area contributed by atoms with Crippen molar-refractivity contribution in [3.8, 4) is 5.75 Å². The van der Waals surface area contributed by atoms with Gasteiger partial charge < -0.3 is 14.8 Å². The quantitative estimate of drug-likeness (QED) is 0.670. The lowest BCUT2D eigenvalue weighted by atomic mass is 10.0. The fraction of sp³-hybridized carbons (Fsp3) is 0.429. The van der Waals surface area contributed by atoms with Gasteiger partial charge in [-0.15, -0.1) is 0 Å². The van der Waals surface area contributed by atoms with Gasteiger partial charge in [0.05, 0.1) is 25.9 Å². The van der Waals surface area contributed by atoms with Crippen LogP contribution >= 0.6 is 31.9 Å². The average molecular weight is 496 g/mol. The number of hydrogen-bond donors (Lipinski definition) is 1. The van der Waals surface area contributed by atoms with Crippen molar-refractivity contribution in [2.75, 3.05) is 33.3 Å². The van der Waals surface area contributed by atoms with E-state index in [0.29, 0.717) is 12.6 Å². The van der Waals surface area contributed by atoms with Gasteiger partial charge in [0.2, 0.25) is 0 Å². The number of methoxy groups -OCH3 is 1. The fourth-order valence-corrected chi connectivity index (χ4v) is 5.53. The SMILES string of the molecule is COc1ccc2c(c1)C[C@@H](OCc1cc(Br)cc(Br)c1)[C@@H]2N1CCNCC1. The lowest BCUT2D eigenvalue weighted by molar-refractivity contribution is -0.0188. The van der Waals surface area contributed by atoms with Crippen molar-refractivity contribution in [2.45, 2.75) is 25.2 Å². The van der Waals surface area contributed by atoms with Crippen molar-refractivity contribution >= 4 is 31.9 Å². The number of nitrogens with one attached hydrogen (secondary N) is 1. The fourth-order valence-electron chi connectivity index (χ4n) is 4.14. The largest absolute Gasteiger partial charge is 0.497 e. The number of benzene rings is 2. The van der Waals surface area contributed by atoms with Gasteiger partial charge in [-0.25, -0.2) is 0 Å². The molecule has 0 radical (unpaired) electrons. The Morgan fingerprint density at radius 3 is 2.52 bits per heavy atom. The zero-order valence-electron chi connectivity index (χ0n) is 15.4. The minimum absolute atomic E-state index is 0.156. The summed E-state index contributed by atoms with van der Waals surface area (Å²) in [4.78, 5) is 2.57. The summed E-state index contributed by atoms with van der Waals surface area (Å²) in [6.07, 6.45) is 1.08. The summed E-state index contributed by atoms with van der Waals surface area (Å²) in [6.45, 7) is 4.79. The van der Waals surface area contributed by atoms with Gasteiger partial charge in [0, 0.05) is 41.5 Å². The summed E-state index contributed by atoms with van der Waals surface area (Å²) in [5, 5.41) is 3.45. The molecule has 1 fully saturated rings. The van der Waals surface area contributed by atoms with Crippen LogP contribution < -0.4 is 10.1 Å². The third-order valence-corrected chi connectivity index (χ3v) is 6.29. The summed E-state index contributed by atoms with van der Waals surface area (Å²) in [5.74, 6) is 0.921. The first kappa shape index (κ1) is 19.4. The summed E-state index contributed by atoms with van der Waals surface area (Å²) in [7, 11) is 1.73. The molecule has 2 aliphatic rings. The molecule has 0 spiro atoms. The highest BCUT2D eigenvalue weighted by molar-refractivity contribution is 9.11. The van der Waals surface area contributed by atoms with Crippen molar-refractivity contribution in [3.63, 3.8) is 0 Å². The summed E-state index contributed by atoms with van der Waals surface area (Å²) in [5.41, 5.74) is 3.90. The smallest absolute Gasteiger partial charge is 0.119 e. The van der Waals surface area contributed by atoms with Crippen LogP contribution in [0.3, 0.4) is 0 Å². The van der Waals surface area contributed by atoms with Crippen LogP contribution in [0.25, 0.3) is 0 Å². The molecule has 0 unspecified atom stereocenters. The maximum absolute atomic E-state index is 6.48. The van der Waals surface area contributed by atoms with E-state index in [2.05, 4.69) is 72.4 Å². The first-order valence-corrected chi connectivity index (χ1v) is 10.9. The highest BCUT2D eigenvalue weighted by Gasteiger charge is 2.38. The minimum Gasteiger partial charge on any atom is -0.497 e. The lowest BCUT2D eigenvalue weighted by Gasteiger charge is -2.36. The predicted molar refractivity (Wildman–Crippen MR) is 114 cm³/mol. The number of hydrogen-bond acceptors (Lipinski definition) is 4. The number of ether oxygens (including phenoxy) is 2. The van der Waals surface area contributed by atoms with Crippen LogP contribution in [-0.2, 0) is 17.8 Å². The van der Waals surface area contributed by atoms with E-state index in [-0.39, 0.29) is 6.10 Å². The predicted octanol–water partition coefficient (Wildman–Crippen LogP) is 4.31. The van der Waals surface area contributed by atoms with Gasteiger partial charge in [-0.2, -0.15) is 0 Å². The molecule has 144 valence electrons. The molecule has 0 amide bonds. The zero-order chi connectivity index (χ0) is 18.8. The highest BCUT2D eigenvalue weighted by Crippen LogP contribution is 2.40. The molecule has 27 heavy (non-hydrogen) atoms. The molecule has 2 aromatic carbocycles. The van der Waals surface area contributed by atoms with E-state index in [9.17, 15) is 0 Å². The molecule has 0 bridgehead atoms. The van der Waals surface area contributed by atoms with Gasteiger partial charge in [-0.3, -0.25) is 4.90 Å². The molecule has 0 aromatic heterocycles. The molecule has 6 heteroatoms. The van der Waals surface area contributed by atoms with E-state index in [1.165, 1.54) is 16.7 Å². The Kier molecular flexibility index (Phi) is 6.19. The summed E-state index contributed by atoms with van der Waals surface area (Å²) in [6, 6.07) is 13.1. The van der Waals surface area contributed by atoms with E-state index >= 15 is 0 Å². The Hall–Kier alpha value is -0.920. The first-order chi connectivity index (χ1) is 13.1. The molecule has 1 aliphatic heterocycles. The monoisotopic (exact) mass is 494 g/mol. The zero-order valence-corrected chi connectivity index (χ0v) is 18.6. The lowest BCUT2D eigenvalue weighted by Crippen LogP contribution is -2.47. The van der Waals surface area contributed by atoms with Gasteiger partial charge in [0.15, 0.2) is 0 Å². The molecule has 1 N–H and O–H groups in total. The van der Waals surface area contributed by atoms with Gasteiger partial charge >= 0.3 is 0 Å². The third-order valence-electron chi connectivity index (χ3n) is 5.37. The van der Waals surface area contributed by atoms with Crippen molar-refractivity contribution in [3.05, 3.63) is 62.0 Å². The summed E-state index contributed by atoms with van der Waals surface area (Å²) >= 11 is 7.13. The van der Waals surface area contributed by atoms with Gasteiger partial charge in [0.1, 0.15) is 5.75 Å². The minimum atomic E-state index is 0.156. The van der Waals surface area contributed by atoms with Crippen LogP contribution in [0.4, 0.5) is 0 Å². The van der Waals surface area contributed by atoms with Crippen LogP contribution in [0.2, 0.25) is 0 Å².